The van der Waals surface area contributed by atoms with E-state index in [0.717, 1.165) is 39.5 Å². The minimum atomic E-state index is 0.254. The van der Waals surface area contributed by atoms with Gasteiger partial charge in [-0.1, -0.05) is 29.8 Å². The summed E-state index contributed by atoms with van der Waals surface area (Å²) in [7, 11) is 0. The Hall–Kier alpha value is -0.910. The van der Waals surface area contributed by atoms with Crippen LogP contribution < -0.4 is 10.1 Å². The van der Waals surface area contributed by atoms with Crippen LogP contribution in [0.25, 0.3) is 0 Å². The first-order valence-corrected chi connectivity index (χ1v) is 8.90. The van der Waals surface area contributed by atoms with Crippen molar-refractivity contribution in [1.82, 2.24) is 10.3 Å². The van der Waals surface area contributed by atoms with Gasteiger partial charge in [0.1, 0.15) is 12.4 Å². The summed E-state index contributed by atoms with van der Waals surface area (Å²) < 4.78 is 7.05. The van der Waals surface area contributed by atoms with Crippen molar-refractivity contribution in [1.29, 1.82) is 0 Å². The van der Waals surface area contributed by atoms with E-state index in [1.54, 1.807) is 11.3 Å². The van der Waals surface area contributed by atoms with Crippen LogP contribution >= 0.6 is 27.3 Å². The minimum Gasteiger partial charge on any atom is -0.487 e. The SMILES string of the molecule is CCNC(C)c1cc(Br)ccc1OCc1csc(CC)n1. The first-order chi connectivity index (χ1) is 10.1. The summed E-state index contributed by atoms with van der Waals surface area (Å²) in [6, 6.07) is 6.39. The van der Waals surface area contributed by atoms with Gasteiger partial charge in [-0.25, -0.2) is 4.98 Å². The van der Waals surface area contributed by atoms with Crippen LogP contribution in [0, 0.1) is 0 Å². The number of thiazole rings is 1. The summed E-state index contributed by atoms with van der Waals surface area (Å²) in [5.41, 5.74) is 2.17. The number of nitrogens with zero attached hydrogens (tertiary/aromatic N) is 1. The van der Waals surface area contributed by atoms with E-state index in [0.29, 0.717) is 6.61 Å². The largest absolute Gasteiger partial charge is 0.487 e. The highest BCUT2D eigenvalue weighted by molar-refractivity contribution is 9.10. The number of ether oxygens (including phenoxy) is 1. The van der Waals surface area contributed by atoms with E-state index in [4.69, 9.17) is 4.74 Å². The third-order valence-corrected chi connectivity index (χ3v) is 4.76. The van der Waals surface area contributed by atoms with Crippen molar-refractivity contribution in [3.05, 3.63) is 44.3 Å². The van der Waals surface area contributed by atoms with Gasteiger partial charge in [-0.15, -0.1) is 11.3 Å². The van der Waals surface area contributed by atoms with Crippen LogP contribution in [0.3, 0.4) is 0 Å². The van der Waals surface area contributed by atoms with E-state index in [9.17, 15) is 0 Å². The summed E-state index contributed by atoms with van der Waals surface area (Å²) in [6.07, 6.45) is 0.978. The Morgan fingerprint density at radius 2 is 2.19 bits per heavy atom. The number of aryl methyl sites for hydroxylation is 1. The zero-order valence-corrected chi connectivity index (χ0v) is 15.1. The molecule has 0 aliphatic carbocycles. The Balaban J connectivity index is 2.11. The quantitative estimate of drug-likeness (QED) is 0.767. The van der Waals surface area contributed by atoms with Crippen LogP contribution in [-0.2, 0) is 13.0 Å². The Morgan fingerprint density at radius 1 is 1.38 bits per heavy atom. The van der Waals surface area contributed by atoms with Crippen LogP contribution in [0.4, 0.5) is 0 Å². The molecule has 0 aliphatic heterocycles. The summed E-state index contributed by atoms with van der Waals surface area (Å²) in [4.78, 5) is 4.54. The molecule has 1 unspecified atom stereocenters. The number of hydrogen-bond donors (Lipinski definition) is 1. The van der Waals surface area contributed by atoms with Crippen LogP contribution in [-0.4, -0.2) is 11.5 Å². The molecule has 3 nitrogen and oxygen atoms in total. The molecule has 1 N–H and O–H groups in total. The first-order valence-electron chi connectivity index (χ1n) is 7.23. The fraction of sp³-hybridized carbons (Fsp3) is 0.438. The Bertz CT molecular complexity index is 585. The maximum atomic E-state index is 5.99. The highest BCUT2D eigenvalue weighted by atomic mass is 79.9. The predicted molar refractivity (Wildman–Crippen MR) is 92.1 cm³/mol. The molecule has 114 valence electrons. The van der Waals surface area contributed by atoms with Gasteiger partial charge in [-0.3, -0.25) is 0 Å². The van der Waals surface area contributed by atoms with Gasteiger partial charge in [-0.05, 0) is 38.1 Å². The lowest BCUT2D eigenvalue weighted by Gasteiger charge is -2.17. The highest BCUT2D eigenvalue weighted by Crippen LogP contribution is 2.29. The van der Waals surface area contributed by atoms with Crippen molar-refractivity contribution in [2.75, 3.05) is 6.54 Å². The smallest absolute Gasteiger partial charge is 0.131 e. The molecule has 0 saturated carbocycles. The molecule has 0 amide bonds. The van der Waals surface area contributed by atoms with Gasteiger partial charge < -0.3 is 10.1 Å². The molecule has 0 aliphatic rings. The van der Waals surface area contributed by atoms with E-state index in [1.807, 2.05) is 12.1 Å². The van der Waals surface area contributed by atoms with E-state index < -0.39 is 0 Å². The number of halogens is 1. The van der Waals surface area contributed by atoms with Crippen molar-refractivity contribution >= 4 is 27.3 Å². The normalized spacial score (nSPS) is 12.4. The van der Waals surface area contributed by atoms with Crippen molar-refractivity contribution in [3.8, 4) is 5.75 Å². The Labute approximate surface area is 138 Å². The molecule has 1 atom stereocenters. The average molecular weight is 369 g/mol. The maximum Gasteiger partial charge on any atom is 0.131 e. The zero-order chi connectivity index (χ0) is 15.2. The number of nitrogens with one attached hydrogen (secondary N) is 1. The molecule has 0 bridgehead atoms. The molecule has 21 heavy (non-hydrogen) atoms. The molecular weight excluding hydrogens is 348 g/mol. The number of aromatic nitrogens is 1. The second kappa shape index (κ2) is 7.92. The molecule has 2 aromatic rings. The van der Waals surface area contributed by atoms with Gasteiger partial charge in [0.05, 0.1) is 10.7 Å². The van der Waals surface area contributed by atoms with Crippen LogP contribution in [0.2, 0.25) is 0 Å². The molecule has 5 heteroatoms. The van der Waals surface area contributed by atoms with Crippen molar-refractivity contribution < 1.29 is 4.74 Å². The molecule has 1 heterocycles. The predicted octanol–water partition coefficient (Wildman–Crippen LogP) is 4.72. The van der Waals surface area contributed by atoms with Crippen LogP contribution in [0.15, 0.2) is 28.1 Å². The fourth-order valence-corrected chi connectivity index (χ4v) is 3.24. The lowest BCUT2D eigenvalue weighted by atomic mass is 10.1. The molecular formula is C16H21BrN2OS. The minimum absolute atomic E-state index is 0.254. The maximum absolute atomic E-state index is 5.99. The Morgan fingerprint density at radius 3 is 2.86 bits per heavy atom. The molecule has 0 spiro atoms. The molecule has 0 fully saturated rings. The van der Waals surface area contributed by atoms with Crippen molar-refractivity contribution in [2.45, 2.75) is 39.8 Å². The summed E-state index contributed by atoms with van der Waals surface area (Å²) in [5, 5.41) is 6.66. The monoisotopic (exact) mass is 368 g/mol. The lowest BCUT2D eigenvalue weighted by Crippen LogP contribution is -2.18. The second-order valence-corrected chi connectivity index (χ2v) is 6.69. The molecule has 1 aromatic heterocycles. The molecule has 1 aromatic carbocycles. The Kier molecular flexibility index (Phi) is 6.21. The van der Waals surface area contributed by atoms with Crippen LogP contribution in [0.5, 0.6) is 5.75 Å². The summed E-state index contributed by atoms with van der Waals surface area (Å²) in [5.74, 6) is 0.915. The molecule has 2 rings (SSSR count). The van der Waals surface area contributed by atoms with Gasteiger partial charge >= 0.3 is 0 Å². The standard InChI is InChI=1S/C16H21BrN2OS/c1-4-16-19-13(10-21-16)9-20-15-7-6-12(17)8-14(15)11(3)18-5-2/h6-8,10-11,18H,4-5,9H2,1-3H3. The second-order valence-electron chi connectivity index (χ2n) is 4.84. The number of rotatable bonds is 7. The lowest BCUT2D eigenvalue weighted by molar-refractivity contribution is 0.295. The molecule has 0 radical (unpaired) electrons. The third-order valence-electron chi connectivity index (χ3n) is 3.23. The van der Waals surface area contributed by atoms with Crippen molar-refractivity contribution in [2.24, 2.45) is 0 Å². The number of hydrogen-bond acceptors (Lipinski definition) is 4. The topological polar surface area (TPSA) is 34.1 Å². The average Bonchev–Trinajstić information content (AvgIpc) is 2.94. The highest BCUT2D eigenvalue weighted by Gasteiger charge is 2.12. The molecule has 0 saturated heterocycles. The van der Waals surface area contributed by atoms with E-state index in [2.05, 4.69) is 58.4 Å². The van der Waals surface area contributed by atoms with E-state index in [-0.39, 0.29) is 6.04 Å². The zero-order valence-electron chi connectivity index (χ0n) is 12.6. The third kappa shape index (κ3) is 4.53. The van der Waals surface area contributed by atoms with E-state index in [1.165, 1.54) is 0 Å². The van der Waals surface area contributed by atoms with Crippen molar-refractivity contribution in [3.63, 3.8) is 0 Å². The number of benzene rings is 1. The van der Waals surface area contributed by atoms with Gasteiger partial charge in [0, 0.05) is 21.5 Å². The summed E-state index contributed by atoms with van der Waals surface area (Å²) in [6.45, 7) is 7.82. The van der Waals surface area contributed by atoms with Gasteiger partial charge in [0.2, 0.25) is 0 Å². The van der Waals surface area contributed by atoms with Gasteiger partial charge in [0.15, 0.2) is 0 Å². The fourth-order valence-electron chi connectivity index (χ4n) is 2.13. The first kappa shape index (κ1) is 16.5. The summed E-state index contributed by atoms with van der Waals surface area (Å²) >= 11 is 5.23. The van der Waals surface area contributed by atoms with Crippen LogP contribution in [0.1, 0.15) is 43.1 Å². The van der Waals surface area contributed by atoms with E-state index >= 15 is 0 Å². The van der Waals surface area contributed by atoms with Gasteiger partial charge in [-0.2, -0.15) is 0 Å². The van der Waals surface area contributed by atoms with Gasteiger partial charge in [0.25, 0.3) is 0 Å².